The molecule has 0 bridgehead atoms. The first kappa shape index (κ1) is 9.88. The van der Waals surface area contributed by atoms with Gasteiger partial charge in [0, 0.05) is 6.04 Å². The van der Waals surface area contributed by atoms with E-state index in [4.69, 9.17) is 5.73 Å². The quantitative estimate of drug-likeness (QED) is 0.499. The summed E-state index contributed by atoms with van der Waals surface area (Å²) < 4.78 is 0. The first-order chi connectivity index (χ1) is 4.72. The molecule has 0 aromatic carbocycles. The van der Waals surface area contributed by atoms with Crippen molar-refractivity contribution in [1.29, 1.82) is 0 Å². The highest BCUT2D eigenvalue weighted by atomic mass is 16.3. The summed E-state index contributed by atoms with van der Waals surface area (Å²) in [6.45, 7) is 2.81. The lowest BCUT2D eigenvalue weighted by Crippen LogP contribution is -2.36. The smallest absolute Gasteiger partial charge is 0.0688 e. The second kappa shape index (κ2) is 5.65. The predicted octanol–water partition coefficient (Wildman–Crippen LogP) is -0.306. The van der Waals surface area contributed by atoms with Gasteiger partial charge in [0.2, 0.25) is 0 Å². The number of aliphatic hydroxyl groups is 1. The summed E-state index contributed by atoms with van der Waals surface area (Å²) in [5, 5.41) is 12.2. The third-order valence-electron chi connectivity index (χ3n) is 1.64. The van der Waals surface area contributed by atoms with Crippen LogP contribution in [-0.4, -0.2) is 30.8 Å². The van der Waals surface area contributed by atoms with E-state index in [-0.39, 0.29) is 12.1 Å². The van der Waals surface area contributed by atoms with E-state index in [0.717, 1.165) is 19.4 Å². The zero-order valence-corrected chi connectivity index (χ0v) is 6.80. The van der Waals surface area contributed by atoms with E-state index in [1.54, 1.807) is 0 Å². The minimum absolute atomic E-state index is 0.0718. The van der Waals surface area contributed by atoms with Gasteiger partial charge in [-0.1, -0.05) is 6.92 Å². The van der Waals surface area contributed by atoms with Crippen LogP contribution in [-0.2, 0) is 0 Å². The first-order valence-electron chi connectivity index (χ1n) is 3.80. The minimum atomic E-state index is -0.339. The predicted molar refractivity (Wildman–Crippen MR) is 42.8 cm³/mol. The minimum Gasteiger partial charge on any atom is -0.392 e. The lowest BCUT2D eigenvalue weighted by atomic mass is 10.1. The number of hydrogen-bond acceptors (Lipinski definition) is 3. The van der Waals surface area contributed by atoms with Gasteiger partial charge in [0.25, 0.3) is 0 Å². The van der Waals surface area contributed by atoms with Crippen molar-refractivity contribution in [2.75, 3.05) is 13.6 Å². The topological polar surface area (TPSA) is 58.3 Å². The number of nitrogens with one attached hydrogen (secondary N) is 1. The lowest BCUT2D eigenvalue weighted by Gasteiger charge is -2.16. The third-order valence-corrected chi connectivity index (χ3v) is 1.64. The largest absolute Gasteiger partial charge is 0.392 e. The summed E-state index contributed by atoms with van der Waals surface area (Å²) in [5.41, 5.74) is 5.62. The van der Waals surface area contributed by atoms with E-state index >= 15 is 0 Å². The van der Waals surface area contributed by atoms with Crippen LogP contribution in [0, 0.1) is 0 Å². The standard InChI is InChI=1S/C7H18N2O/c1-3-7(10)6(8)4-5-9-2/h6-7,9-10H,3-5,8H2,1-2H3. The van der Waals surface area contributed by atoms with Crippen LogP contribution in [0.4, 0.5) is 0 Å². The van der Waals surface area contributed by atoms with Crippen molar-refractivity contribution in [3.8, 4) is 0 Å². The number of aliphatic hydroxyl groups excluding tert-OH is 1. The molecule has 0 aliphatic carbocycles. The van der Waals surface area contributed by atoms with Crippen LogP contribution in [0.1, 0.15) is 19.8 Å². The van der Waals surface area contributed by atoms with Gasteiger partial charge in [-0.3, -0.25) is 0 Å². The maximum absolute atomic E-state index is 9.20. The maximum atomic E-state index is 9.20. The molecule has 0 fully saturated rings. The van der Waals surface area contributed by atoms with Crippen LogP contribution < -0.4 is 11.1 Å². The van der Waals surface area contributed by atoms with E-state index in [1.165, 1.54) is 0 Å². The van der Waals surface area contributed by atoms with Crippen LogP contribution in [0.5, 0.6) is 0 Å². The van der Waals surface area contributed by atoms with E-state index in [2.05, 4.69) is 5.32 Å². The van der Waals surface area contributed by atoms with Crippen LogP contribution in [0.2, 0.25) is 0 Å². The molecule has 0 aliphatic heterocycles. The van der Waals surface area contributed by atoms with Gasteiger partial charge in [0.05, 0.1) is 6.10 Å². The molecule has 2 unspecified atom stereocenters. The molecule has 0 aromatic heterocycles. The van der Waals surface area contributed by atoms with Gasteiger partial charge in [0.1, 0.15) is 0 Å². The summed E-state index contributed by atoms with van der Waals surface area (Å²) >= 11 is 0. The molecule has 62 valence electrons. The van der Waals surface area contributed by atoms with E-state index in [1.807, 2.05) is 14.0 Å². The fourth-order valence-corrected chi connectivity index (χ4v) is 0.806. The molecule has 0 spiro atoms. The van der Waals surface area contributed by atoms with Crippen LogP contribution in [0.25, 0.3) is 0 Å². The van der Waals surface area contributed by atoms with Crippen molar-refractivity contribution < 1.29 is 5.11 Å². The molecule has 0 rings (SSSR count). The van der Waals surface area contributed by atoms with Crippen molar-refractivity contribution >= 4 is 0 Å². The Hall–Kier alpha value is -0.120. The number of nitrogens with two attached hydrogens (primary N) is 1. The van der Waals surface area contributed by atoms with Gasteiger partial charge in [0.15, 0.2) is 0 Å². The van der Waals surface area contributed by atoms with Gasteiger partial charge < -0.3 is 16.2 Å². The van der Waals surface area contributed by atoms with Gasteiger partial charge in [-0.2, -0.15) is 0 Å². The molecule has 0 saturated heterocycles. The van der Waals surface area contributed by atoms with Gasteiger partial charge >= 0.3 is 0 Å². The molecule has 0 radical (unpaired) electrons. The molecule has 4 N–H and O–H groups in total. The summed E-state index contributed by atoms with van der Waals surface area (Å²) in [4.78, 5) is 0. The van der Waals surface area contributed by atoms with Crippen molar-refractivity contribution in [3.05, 3.63) is 0 Å². The van der Waals surface area contributed by atoms with Crippen molar-refractivity contribution in [3.63, 3.8) is 0 Å². The second-order valence-electron chi connectivity index (χ2n) is 2.53. The molecule has 0 saturated carbocycles. The van der Waals surface area contributed by atoms with Crippen molar-refractivity contribution in [2.24, 2.45) is 5.73 Å². The molecule has 2 atom stereocenters. The Bertz CT molecular complexity index is 78.0. The molecular weight excluding hydrogens is 128 g/mol. The number of hydrogen-bond donors (Lipinski definition) is 3. The Labute approximate surface area is 62.6 Å². The molecule has 3 heteroatoms. The summed E-state index contributed by atoms with van der Waals surface area (Å²) in [6.07, 6.45) is 1.24. The zero-order chi connectivity index (χ0) is 7.98. The van der Waals surface area contributed by atoms with E-state index < -0.39 is 0 Å². The summed E-state index contributed by atoms with van der Waals surface area (Å²) in [7, 11) is 1.88. The van der Waals surface area contributed by atoms with E-state index in [0.29, 0.717) is 0 Å². The second-order valence-corrected chi connectivity index (χ2v) is 2.53. The highest BCUT2D eigenvalue weighted by Gasteiger charge is 2.10. The monoisotopic (exact) mass is 146 g/mol. The molecule has 3 nitrogen and oxygen atoms in total. The molecule has 10 heavy (non-hydrogen) atoms. The van der Waals surface area contributed by atoms with Crippen molar-refractivity contribution in [1.82, 2.24) is 5.32 Å². The summed E-state index contributed by atoms with van der Waals surface area (Å²) in [5.74, 6) is 0. The Kier molecular flexibility index (Phi) is 5.58. The molecular formula is C7H18N2O. The number of rotatable bonds is 5. The maximum Gasteiger partial charge on any atom is 0.0688 e. The van der Waals surface area contributed by atoms with E-state index in [9.17, 15) is 5.11 Å². The van der Waals surface area contributed by atoms with Crippen LogP contribution >= 0.6 is 0 Å². The highest BCUT2D eigenvalue weighted by Crippen LogP contribution is 1.98. The van der Waals surface area contributed by atoms with Gasteiger partial charge in [-0.25, -0.2) is 0 Å². The Balaban J connectivity index is 3.31. The average Bonchev–Trinajstić information content (AvgIpc) is 1.98. The SMILES string of the molecule is CCC(O)C(N)CCNC. The normalized spacial score (nSPS) is 16.8. The Morgan fingerprint density at radius 3 is 2.60 bits per heavy atom. The Morgan fingerprint density at radius 2 is 2.20 bits per heavy atom. The molecule has 0 aliphatic rings. The first-order valence-corrected chi connectivity index (χ1v) is 3.80. The molecule has 0 amide bonds. The summed E-state index contributed by atoms with van der Waals surface area (Å²) in [6, 6.07) is -0.0718. The Morgan fingerprint density at radius 1 is 1.60 bits per heavy atom. The zero-order valence-electron chi connectivity index (χ0n) is 6.80. The fraction of sp³-hybridized carbons (Fsp3) is 1.00. The average molecular weight is 146 g/mol. The van der Waals surface area contributed by atoms with Crippen LogP contribution in [0.3, 0.4) is 0 Å². The molecule has 0 heterocycles. The lowest BCUT2D eigenvalue weighted by molar-refractivity contribution is 0.136. The highest BCUT2D eigenvalue weighted by molar-refractivity contribution is 4.70. The molecule has 0 aromatic rings. The van der Waals surface area contributed by atoms with Gasteiger partial charge in [-0.15, -0.1) is 0 Å². The van der Waals surface area contributed by atoms with Crippen LogP contribution in [0.15, 0.2) is 0 Å². The third kappa shape index (κ3) is 3.82. The fourth-order valence-electron chi connectivity index (χ4n) is 0.806. The van der Waals surface area contributed by atoms with Crippen molar-refractivity contribution in [2.45, 2.75) is 31.9 Å². The van der Waals surface area contributed by atoms with Gasteiger partial charge in [-0.05, 0) is 26.4 Å².